The van der Waals surface area contributed by atoms with Crippen LogP contribution in [-0.4, -0.2) is 56.9 Å². The number of halogens is 2. The maximum absolute atomic E-state index is 12.9. The summed E-state index contributed by atoms with van der Waals surface area (Å²) >= 11 is 0. The molecule has 31 heavy (non-hydrogen) atoms. The Morgan fingerprint density at radius 2 is 2.03 bits per heavy atom. The van der Waals surface area contributed by atoms with Crippen LogP contribution in [0.1, 0.15) is 31.2 Å². The van der Waals surface area contributed by atoms with Gasteiger partial charge in [0.15, 0.2) is 17.5 Å². The van der Waals surface area contributed by atoms with E-state index in [0.717, 1.165) is 12.3 Å². The summed E-state index contributed by atoms with van der Waals surface area (Å²) in [5.41, 5.74) is 0.442. The highest BCUT2D eigenvalue weighted by molar-refractivity contribution is 5.86. The molecule has 10 heteroatoms. The first-order chi connectivity index (χ1) is 14.9. The SMILES string of the molecule is CN(C)C(=O)CNC(=NCc1cc2c(cc1OC(F)F)OCO2)NC1CC2CCC1C2. The average molecular weight is 438 g/mol. The minimum atomic E-state index is -2.97. The Hall–Kier alpha value is -2.78. The van der Waals surface area contributed by atoms with E-state index in [1.165, 1.54) is 30.2 Å². The minimum Gasteiger partial charge on any atom is -0.454 e. The maximum atomic E-state index is 12.9. The van der Waals surface area contributed by atoms with Crippen LogP contribution in [0.2, 0.25) is 0 Å². The number of carbonyl (C=O) groups excluding carboxylic acids is 1. The first-order valence-electron chi connectivity index (χ1n) is 10.5. The lowest BCUT2D eigenvalue weighted by Gasteiger charge is -2.25. The number of amides is 1. The van der Waals surface area contributed by atoms with Gasteiger partial charge in [0.2, 0.25) is 12.7 Å². The van der Waals surface area contributed by atoms with Crippen molar-refractivity contribution in [1.29, 1.82) is 0 Å². The van der Waals surface area contributed by atoms with E-state index >= 15 is 0 Å². The van der Waals surface area contributed by atoms with Crippen molar-refractivity contribution < 1.29 is 27.8 Å². The highest BCUT2D eigenvalue weighted by Crippen LogP contribution is 2.44. The Labute approximate surface area is 179 Å². The van der Waals surface area contributed by atoms with Crippen molar-refractivity contribution in [2.24, 2.45) is 16.8 Å². The van der Waals surface area contributed by atoms with Crippen molar-refractivity contribution in [3.63, 3.8) is 0 Å². The molecule has 0 saturated heterocycles. The number of hydrogen-bond acceptors (Lipinski definition) is 5. The Morgan fingerprint density at radius 1 is 1.26 bits per heavy atom. The molecule has 2 bridgehead atoms. The van der Waals surface area contributed by atoms with Crippen LogP contribution in [0.4, 0.5) is 8.78 Å². The normalized spacial score (nSPS) is 23.9. The molecule has 8 nitrogen and oxygen atoms in total. The smallest absolute Gasteiger partial charge is 0.387 e. The Balaban J connectivity index is 1.51. The zero-order valence-corrected chi connectivity index (χ0v) is 17.7. The van der Waals surface area contributed by atoms with E-state index in [1.807, 2.05) is 0 Å². The van der Waals surface area contributed by atoms with Crippen molar-refractivity contribution in [2.45, 2.75) is 44.9 Å². The number of nitrogens with one attached hydrogen (secondary N) is 2. The number of carbonyl (C=O) groups is 1. The second-order valence-corrected chi connectivity index (χ2v) is 8.42. The number of aliphatic imine (C=N–C) groups is 1. The third-order valence-electron chi connectivity index (χ3n) is 6.15. The maximum Gasteiger partial charge on any atom is 0.387 e. The van der Waals surface area contributed by atoms with Crippen LogP contribution in [0.25, 0.3) is 0 Å². The van der Waals surface area contributed by atoms with Gasteiger partial charge in [-0.05, 0) is 37.2 Å². The molecular weight excluding hydrogens is 410 g/mol. The summed E-state index contributed by atoms with van der Waals surface area (Å²) in [5, 5.41) is 6.52. The Morgan fingerprint density at radius 3 is 2.68 bits per heavy atom. The molecule has 1 heterocycles. The summed E-state index contributed by atoms with van der Waals surface area (Å²) in [6.45, 7) is -2.78. The quantitative estimate of drug-likeness (QED) is 0.502. The Kier molecular flexibility index (Phi) is 6.33. The molecule has 3 atom stereocenters. The number of hydrogen-bond donors (Lipinski definition) is 2. The van der Waals surface area contributed by atoms with E-state index in [0.29, 0.717) is 35.0 Å². The summed E-state index contributed by atoms with van der Waals surface area (Å²) < 4.78 is 41.1. The molecule has 1 aliphatic heterocycles. The third-order valence-corrected chi connectivity index (χ3v) is 6.15. The molecule has 2 fully saturated rings. The van der Waals surface area contributed by atoms with Crippen molar-refractivity contribution in [3.8, 4) is 17.2 Å². The molecule has 170 valence electrons. The highest BCUT2D eigenvalue weighted by Gasteiger charge is 2.39. The zero-order chi connectivity index (χ0) is 22.0. The van der Waals surface area contributed by atoms with Crippen molar-refractivity contribution >= 4 is 11.9 Å². The van der Waals surface area contributed by atoms with E-state index in [2.05, 4.69) is 20.4 Å². The minimum absolute atomic E-state index is 0.00774. The number of nitrogens with zero attached hydrogens (tertiary/aromatic N) is 2. The third kappa shape index (κ3) is 5.11. The summed E-state index contributed by atoms with van der Waals surface area (Å²) in [5.74, 6) is 2.55. The summed E-state index contributed by atoms with van der Waals surface area (Å²) in [6, 6.07) is 3.29. The fraction of sp³-hybridized carbons (Fsp3) is 0.619. The van der Waals surface area contributed by atoms with Crippen LogP contribution in [0.5, 0.6) is 17.2 Å². The van der Waals surface area contributed by atoms with E-state index in [-0.39, 0.29) is 31.5 Å². The molecule has 3 unspecified atom stereocenters. The van der Waals surface area contributed by atoms with Crippen LogP contribution in [0.15, 0.2) is 17.1 Å². The lowest BCUT2D eigenvalue weighted by atomic mass is 9.95. The van der Waals surface area contributed by atoms with Gasteiger partial charge in [-0.2, -0.15) is 8.78 Å². The number of benzene rings is 1. The van der Waals surface area contributed by atoms with Gasteiger partial charge < -0.3 is 29.7 Å². The van der Waals surface area contributed by atoms with Gasteiger partial charge in [-0.15, -0.1) is 0 Å². The van der Waals surface area contributed by atoms with E-state index in [4.69, 9.17) is 9.47 Å². The van der Waals surface area contributed by atoms with Crippen LogP contribution >= 0.6 is 0 Å². The number of alkyl halides is 2. The van der Waals surface area contributed by atoms with Crippen LogP contribution in [-0.2, 0) is 11.3 Å². The topological polar surface area (TPSA) is 84.4 Å². The standard InChI is InChI=1S/C21H28F2N4O4/c1-27(2)19(28)10-25-21(26-15-6-12-3-4-13(15)5-12)24-9-14-7-17-18(30-11-29-17)8-16(14)31-20(22)23/h7-8,12-13,15,20H,3-6,9-11H2,1-2H3,(H2,24,25,26). The first-order valence-corrected chi connectivity index (χ1v) is 10.5. The van der Waals surface area contributed by atoms with E-state index in [1.54, 1.807) is 20.2 Å². The number of guanidine groups is 1. The molecule has 2 N–H and O–H groups in total. The van der Waals surface area contributed by atoms with Gasteiger partial charge in [0.25, 0.3) is 0 Å². The summed E-state index contributed by atoms with van der Waals surface area (Å²) in [6.07, 6.45) is 4.76. The Bertz CT molecular complexity index is 849. The molecule has 2 saturated carbocycles. The van der Waals surface area contributed by atoms with Gasteiger partial charge in [0, 0.05) is 31.8 Å². The van der Waals surface area contributed by atoms with Crippen molar-refractivity contribution in [1.82, 2.24) is 15.5 Å². The fourth-order valence-corrected chi connectivity index (χ4v) is 4.53. The summed E-state index contributed by atoms with van der Waals surface area (Å²) in [4.78, 5) is 18.1. The second kappa shape index (κ2) is 9.15. The lowest BCUT2D eigenvalue weighted by Crippen LogP contribution is -2.48. The molecule has 3 aliphatic rings. The lowest BCUT2D eigenvalue weighted by molar-refractivity contribution is -0.127. The zero-order valence-electron chi connectivity index (χ0n) is 17.7. The number of ether oxygens (including phenoxy) is 3. The molecule has 0 aromatic heterocycles. The first kappa shape index (κ1) is 21.5. The molecule has 0 radical (unpaired) electrons. The van der Waals surface area contributed by atoms with Gasteiger partial charge in [-0.1, -0.05) is 6.42 Å². The fourth-order valence-electron chi connectivity index (χ4n) is 4.53. The molecule has 1 amide bonds. The van der Waals surface area contributed by atoms with Gasteiger partial charge in [-0.3, -0.25) is 4.79 Å². The van der Waals surface area contributed by atoms with Crippen molar-refractivity contribution in [2.75, 3.05) is 27.4 Å². The number of rotatable bonds is 7. The predicted molar refractivity (Wildman–Crippen MR) is 109 cm³/mol. The molecule has 1 aromatic carbocycles. The van der Waals surface area contributed by atoms with E-state index < -0.39 is 6.61 Å². The van der Waals surface area contributed by atoms with Crippen LogP contribution in [0.3, 0.4) is 0 Å². The predicted octanol–water partition coefficient (Wildman–Crippen LogP) is 2.33. The van der Waals surface area contributed by atoms with Crippen LogP contribution in [0, 0.1) is 11.8 Å². The number of likely N-dealkylation sites (N-methyl/N-ethyl adjacent to an activating group) is 1. The molecular formula is C21H28F2N4O4. The van der Waals surface area contributed by atoms with E-state index in [9.17, 15) is 13.6 Å². The van der Waals surface area contributed by atoms with Crippen molar-refractivity contribution in [3.05, 3.63) is 17.7 Å². The number of fused-ring (bicyclic) bond motifs is 3. The highest BCUT2D eigenvalue weighted by atomic mass is 19.3. The molecule has 2 aliphatic carbocycles. The van der Waals surface area contributed by atoms with Gasteiger partial charge in [0.1, 0.15) is 5.75 Å². The largest absolute Gasteiger partial charge is 0.454 e. The monoisotopic (exact) mass is 438 g/mol. The van der Waals surface area contributed by atoms with Gasteiger partial charge in [0.05, 0.1) is 13.1 Å². The average Bonchev–Trinajstić information content (AvgIpc) is 3.45. The molecule has 0 spiro atoms. The van der Waals surface area contributed by atoms with Gasteiger partial charge >= 0.3 is 6.61 Å². The molecule has 4 rings (SSSR count). The van der Waals surface area contributed by atoms with Gasteiger partial charge in [-0.25, -0.2) is 4.99 Å². The molecule has 1 aromatic rings. The van der Waals surface area contributed by atoms with Crippen LogP contribution < -0.4 is 24.8 Å². The second-order valence-electron chi connectivity index (χ2n) is 8.42. The summed E-state index contributed by atoms with van der Waals surface area (Å²) in [7, 11) is 3.37.